The molecule has 3 rings (SSSR count). The van der Waals surface area contributed by atoms with Crippen LogP contribution < -0.4 is 0 Å². The minimum Gasteiger partial charge on any atom is -0.394 e. The van der Waals surface area contributed by atoms with Gasteiger partial charge in [-0.05, 0) is 31.9 Å². The van der Waals surface area contributed by atoms with Gasteiger partial charge in [0.2, 0.25) is 5.91 Å². The highest BCUT2D eigenvalue weighted by Crippen LogP contribution is 2.34. The smallest absolute Gasteiger partial charge is 0.223 e. The van der Waals surface area contributed by atoms with Crippen LogP contribution in [0.1, 0.15) is 35.0 Å². The number of carbonyl (C=O) groups excluding carboxylic acids is 1. The Labute approximate surface area is 157 Å². The molecule has 0 saturated carbocycles. The highest BCUT2D eigenvalue weighted by Gasteiger charge is 2.36. The molecule has 1 saturated heterocycles. The van der Waals surface area contributed by atoms with E-state index in [1.54, 1.807) is 11.0 Å². The van der Waals surface area contributed by atoms with Crippen molar-refractivity contribution in [3.8, 4) is 0 Å². The van der Waals surface area contributed by atoms with E-state index in [0.717, 1.165) is 22.6 Å². The van der Waals surface area contributed by atoms with Crippen LogP contribution in [0.15, 0.2) is 28.8 Å². The lowest BCUT2D eigenvalue weighted by Gasteiger charge is -2.41. The standard InChI is InChI=1S/C19H23ClN2O4/c1-12-14(13(2)26-21-12)7-8-18(24)22-9-10-25-17(11-23)19(22)15-5-3-4-6-16(15)20/h3-6,17,19,23H,7-11H2,1-2H3/t17-,19-/m0/s1. The second kappa shape index (κ2) is 8.20. The molecule has 1 N–H and O–H groups in total. The summed E-state index contributed by atoms with van der Waals surface area (Å²) in [6.45, 7) is 4.40. The zero-order chi connectivity index (χ0) is 18.7. The predicted molar refractivity (Wildman–Crippen MR) is 97.0 cm³/mol. The first kappa shape index (κ1) is 18.9. The Morgan fingerprint density at radius 1 is 1.38 bits per heavy atom. The van der Waals surface area contributed by atoms with Crippen LogP contribution in [0.25, 0.3) is 0 Å². The highest BCUT2D eigenvalue weighted by molar-refractivity contribution is 6.31. The van der Waals surface area contributed by atoms with Crippen LogP contribution in [-0.4, -0.2) is 46.9 Å². The molecule has 140 valence electrons. The second-order valence-electron chi connectivity index (χ2n) is 6.45. The van der Waals surface area contributed by atoms with Gasteiger partial charge in [0.25, 0.3) is 0 Å². The van der Waals surface area contributed by atoms with Crippen molar-refractivity contribution in [3.63, 3.8) is 0 Å². The molecule has 0 radical (unpaired) electrons. The molecule has 0 spiro atoms. The molecule has 2 heterocycles. The summed E-state index contributed by atoms with van der Waals surface area (Å²) in [5.41, 5.74) is 2.58. The van der Waals surface area contributed by atoms with E-state index < -0.39 is 12.1 Å². The third kappa shape index (κ3) is 3.77. The van der Waals surface area contributed by atoms with Crippen LogP contribution in [0.3, 0.4) is 0 Å². The van der Waals surface area contributed by atoms with Crippen molar-refractivity contribution in [2.24, 2.45) is 0 Å². The maximum absolute atomic E-state index is 13.0. The van der Waals surface area contributed by atoms with Crippen LogP contribution in [-0.2, 0) is 16.0 Å². The number of rotatable bonds is 5. The number of aryl methyl sites for hydroxylation is 2. The summed E-state index contributed by atoms with van der Waals surface area (Å²) in [6.07, 6.45) is 0.407. The minimum absolute atomic E-state index is 0.00308. The van der Waals surface area contributed by atoms with Crippen molar-refractivity contribution in [2.45, 2.75) is 38.8 Å². The molecule has 2 atom stereocenters. The fourth-order valence-electron chi connectivity index (χ4n) is 3.48. The zero-order valence-corrected chi connectivity index (χ0v) is 15.7. The van der Waals surface area contributed by atoms with Gasteiger partial charge in [-0.3, -0.25) is 4.79 Å². The molecule has 2 aromatic rings. The SMILES string of the molecule is Cc1noc(C)c1CCC(=O)N1CCO[C@@H](CO)[C@@H]1c1ccccc1Cl. The third-order valence-electron chi connectivity index (χ3n) is 4.85. The maximum Gasteiger partial charge on any atom is 0.223 e. The number of nitrogens with zero attached hydrogens (tertiary/aromatic N) is 2. The van der Waals surface area contributed by atoms with Gasteiger partial charge in [-0.1, -0.05) is 35.0 Å². The Bertz CT molecular complexity index is 757. The number of carbonyl (C=O) groups is 1. The van der Waals surface area contributed by atoms with Gasteiger partial charge >= 0.3 is 0 Å². The Kier molecular flexibility index (Phi) is 5.96. The number of ether oxygens (including phenoxy) is 1. The van der Waals surface area contributed by atoms with E-state index in [1.165, 1.54) is 0 Å². The van der Waals surface area contributed by atoms with Gasteiger partial charge in [0.05, 0.1) is 24.9 Å². The third-order valence-corrected chi connectivity index (χ3v) is 5.19. The first-order chi connectivity index (χ1) is 12.5. The lowest BCUT2D eigenvalue weighted by Crippen LogP contribution is -2.49. The molecule has 26 heavy (non-hydrogen) atoms. The molecule has 7 heteroatoms. The number of aliphatic hydroxyl groups is 1. The number of hydrogen-bond donors (Lipinski definition) is 1. The number of amides is 1. The number of hydrogen-bond acceptors (Lipinski definition) is 5. The summed E-state index contributed by atoms with van der Waals surface area (Å²) in [5.74, 6) is 0.741. The summed E-state index contributed by atoms with van der Waals surface area (Å²) in [6, 6.07) is 6.97. The van der Waals surface area contributed by atoms with Crippen molar-refractivity contribution in [1.29, 1.82) is 0 Å². The van der Waals surface area contributed by atoms with E-state index in [2.05, 4.69) is 5.16 Å². The van der Waals surface area contributed by atoms with Gasteiger partial charge < -0.3 is 19.3 Å². The predicted octanol–water partition coefficient (Wildman–Crippen LogP) is 2.84. The molecule has 0 unspecified atom stereocenters. The van der Waals surface area contributed by atoms with Crippen LogP contribution in [0.4, 0.5) is 0 Å². The molecule has 1 aromatic carbocycles. The van der Waals surface area contributed by atoms with Crippen LogP contribution >= 0.6 is 11.6 Å². The van der Waals surface area contributed by atoms with E-state index in [4.69, 9.17) is 20.9 Å². The topological polar surface area (TPSA) is 75.8 Å². The molecule has 1 aliphatic rings. The molecule has 1 fully saturated rings. The van der Waals surface area contributed by atoms with Crippen molar-refractivity contribution < 1.29 is 19.2 Å². The Hall–Kier alpha value is -1.89. The summed E-state index contributed by atoms with van der Waals surface area (Å²) >= 11 is 6.35. The van der Waals surface area contributed by atoms with Gasteiger partial charge in [-0.25, -0.2) is 0 Å². The summed E-state index contributed by atoms with van der Waals surface area (Å²) in [7, 11) is 0. The van der Waals surface area contributed by atoms with Crippen LogP contribution in [0.5, 0.6) is 0 Å². The quantitative estimate of drug-likeness (QED) is 0.865. The van der Waals surface area contributed by atoms with Crippen molar-refractivity contribution in [2.75, 3.05) is 19.8 Å². The highest BCUT2D eigenvalue weighted by atomic mass is 35.5. The first-order valence-corrected chi connectivity index (χ1v) is 9.08. The van der Waals surface area contributed by atoms with Gasteiger partial charge in [-0.15, -0.1) is 0 Å². The van der Waals surface area contributed by atoms with Crippen LogP contribution in [0.2, 0.25) is 5.02 Å². The second-order valence-corrected chi connectivity index (χ2v) is 6.86. The molecule has 1 aromatic heterocycles. The maximum atomic E-state index is 13.0. The van der Waals surface area contributed by atoms with Crippen LogP contribution in [0, 0.1) is 13.8 Å². The molecule has 6 nitrogen and oxygen atoms in total. The normalized spacial score (nSPS) is 20.4. The Morgan fingerprint density at radius 2 is 2.15 bits per heavy atom. The van der Waals surface area contributed by atoms with E-state index >= 15 is 0 Å². The number of benzene rings is 1. The first-order valence-electron chi connectivity index (χ1n) is 8.71. The van der Waals surface area contributed by atoms with E-state index in [0.29, 0.717) is 31.0 Å². The van der Waals surface area contributed by atoms with Crippen molar-refractivity contribution in [1.82, 2.24) is 10.1 Å². The molecule has 0 bridgehead atoms. The molecule has 1 aliphatic heterocycles. The number of morpholine rings is 1. The Morgan fingerprint density at radius 3 is 2.81 bits per heavy atom. The van der Waals surface area contributed by atoms with Gasteiger partial charge in [0.15, 0.2) is 0 Å². The average Bonchev–Trinajstić information content (AvgIpc) is 2.97. The molecular weight excluding hydrogens is 356 g/mol. The molecular formula is C19H23ClN2O4. The lowest BCUT2D eigenvalue weighted by atomic mass is 9.97. The van der Waals surface area contributed by atoms with Gasteiger partial charge in [0, 0.05) is 23.6 Å². The largest absolute Gasteiger partial charge is 0.394 e. The summed E-state index contributed by atoms with van der Waals surface area (Å²) in [4.78, 5) is 14.7. The zero-order valence-electron chi connectivity index (χ0n) is 14.9. The fraction of sp³-hybridized carbons (Fsp3) is 0.474. The van der Waals surface area contributed by atoms with Crippen molar-refractivity contribution in [3.05, 3.63) is 51.9 Å². The van der Waals surface area contributed by atoms with Gasteiger partial charge in [-0.2, -0.15) is 0 Å². The number of aromatic nitrogens is 1. The van der Waals surface area contributed by atoms with E-state index in [9.17, 15) is 9.90 Å². The van der Waals surface area contributed by atoms with Crippen molar-refractivity contribution >= 4 is 17.5 Å². The van der Waals surface area contributed by atoms with Gasteiger partial charge in [0.1, 0.15) is 11.9 Å². The molecule has 0 aliphatic carbocycles. The minimum atomic E-state index is -0.494. The monoisotopic (exact) mass is 378 g/mol. The summed E-state index contributed by atoms with van der Waals surface area (Å²) in [5, 5.41) is 14.2. The fourth-order valence-corrected chi connectivity index (χ4v) is 3.73. The Balaban J connectivity index is 1.81. The van der Waals surface area contributed by atoms with E-state index in [-0.39, 0.29) is 12.5 Å². The average molecular weight is 379 g/mol. The van der Waals surface area contributed by atoms with E-state index in [1.807, 2.05) is 32.0 Å². The lowest BCUT2D eigenvalue weighted by molar-refractivity contribution is -0.149. The molecule has 1 amide bonds. The summed E-state index contributed by atoms with van der Waals surface area (Å²) < 4.78 is 10.9. The number of halogens is 1. The number of aliphatic hydroxyl groups excluding tert-OH is 1.